The van der Waals surface area contributed by atoms with Crippen molar-refractivity contribution >= 4 is 5.97 Å². The van der Waals surface area contributed by atoms with E-state index in [1.165, 1.54) is 0 Å². The number of aliphatic carboxylic acids is 1. The molecule has 2 fully saturated rings. The van der Waals surface area contributed by atoms with Gasteiger partial charge in [0.05, 0.1) is 6.10 Å². The van der Waals surface area contributed by atoms with Gasteiger partial charge in [-0.15, -0.1) is 0 Å². The summed E-state index contributed by atoms with van der Waals surface area (Å²) in [7, 11) is 0. The minimum atomic E-state index is -0.794. The van der Waals surface area contributed by atoms with Gasteiger partial charge in [-0.05, 0) is 39.5 Å². The highest BCUT2D eigenvalue weighted by atomic mass is 16.5. The third-order valence-corrected chi connectivity index (χ3v) is 4.04. The van der Waals surface area contributed by atoms with E-state index in [0.717, 1.165) is 45.5 Å². The lowest BCUT2D eigenvalue weighted by atomic mass is 9.97. The highest BCUT2D eigenvalue weighted by Crippen LogP contribution is 2.24. The molecule has 0 amide bonds. The predicted molar refractivity (Wildman–Crippen MR) is 73.3 cm³/mol. The van der Waals surface area contributed by atoms with Crippen LogP contribution in [0.2, 0.25) is 0 Å². The van der Waals surface area contributed by atoms with Gasteiger partial charge in [0.2, 0.25) is 0 Å². The van der Waals surface area contributed by atoms with Crippen molar-refractivity contribution < 1.29 is 14.6 Å². The molecule has 2 unspecified atom stereocenters. The molecule has 0 bridgehead atoms. The van der Waals surface area contributed by atoms with Crippen LogP contribution in [0, 0.1) is 0 Å². The normalized spacial score (nSPS) is 28.6. The maximum absolute atomic E-state index is 11.5. The van der Waals surface area contributed by atoms with Gasteiger partial charge >= 0.3 is 5.97 Å². The van der Waals surface area contributed by atoms with Crippen molar-refractivity contribution in [1.82, 2.24) is 10.2 Å². The largest absolute Gasteiger partial charge is 0.480 e. The van der Waals surface area contributed by atoms with E-state index in [-0.39, 0.29) is 6.10 Å². The fourth-order valence-corrected chi connectivity index (χ4v) is 2.58. The fraction of sp³-hybridized carbons (Fsp3) is 0.929. The standard InChI is InChI=1S/C14H26N2O3/c1-11-10-16(7-3-9-19-11)8-6-14(2,13(17)18)15-12-4-5-12/h11-12,15H,3-10H2,1-2H3,(H,17,18). The molecule has 5 nitrogen and oxygen atoms in total. The van der Waals surface area contributed by atoms with Crippen LogP contribution in [0.5, 0.6) is 0 Å². The summed E-state index contributed by atoms with van der Waals surface area (Å²) in [5, 5.41) is 12.7. The highest BCUT2D eigenvalue weighted by Gasteiger charge is 2.38. The second kappa shape index (κ2) is 6.20. The van der Waals surface area contributed by atoms with Crippen LogP contribution < -0.4 is 5.32 Å². The Morgan fingerprint density at radius 3 is 2.89 bits per heavy atom. The molecule has 0 radical (unpaired) electrons. The molecule has 1 heterocycles. The average molecular weight is 270 g/mol. The Bertz CT molecular complexity index is 320. The molecule has 5 heteroatoms. The molecule has 2 rings (SSSR count). The lowest BCUT2D eigenvalue weighted by Gasteiger charge is -2.30. The Labute approximate surface area is 115 Å². The maximum atomic E-state index is 11.5. The van der Waals surface area contributed by atoms with Gasteiger partial charge in [-0.2, -0.15) is 0 Å². The van der Waals surface area contributed by atoms with Gasteiger partial charge < -0.3 is 14.7 Å². The summed E-state index contributed by atoms with van der Waals surface area (Å²) in [6.45, 7) is 7.43. The summed E-state index contributed by atoms with van der Waals surface area (Å²) >= 11 is 0. The van der Waals surface area contributed by atoms with Gasteiger partial charge in [0.1, 0.15) is 5.54 Å². The first kappa shape index (κ1) is 14.8. The lowest BCUT2D eigenvalue weighted by Crippen LogP contribution is -2.52. The molecule has 1 aliphatic carbocycles. The van der Waals surface area contributed by atoms with Gasteiger partial charge in [0.25, 0.3) is 0 Å². The number of carboxylic acids is 1. The first-order valence-corrected chi connectivity index (χ1v) is 7.35. The SMILES string of the molecule is CC1CN(CCC(C)(NC2CC2)C(=O)O)CCCO1. The molecule has 0 aromatic heterocycles. The maximum Gasteiger partial charge on any atom is 0.323 e. The van der Waals surface area contributed by atoms with Crippen LogP contribution in [0.3, 0.4) is 0 Å². The number of rotatable bonds is 6. The van der Waals surface area contributed by atoms with E-state index in [4.69, 9.17) is 4.74 Å². The molecule has 1 saturated carbocycles. The Hall–Kier alpha value is -0.650. The minimum Gasteiger partial charge on any atom is -0.480 e. The second-order valence-corrected chi connectivity index (χ2v) is 6.14. The molecule has 0 spiro atoms. The van der Waals surface area contributed by atoms with Crippen molar-refractivity contribution in [2.45, 2.75) is 57.2 Å². The summed E-state index contributed by atoms with van der Waals surface area (Å²) in [6.07, 6.45) is 4.14. The van der Waals surface area contributed by atoms with Gasteiger partial charge in [0, 0.05) is 32.3 Å². The molecule has 2 atom stereocenters. The van der Waals surface area contributed by atoms with Gasteiger partial charge in [-0.3, -0.25) is 10.1 Å². The van der Waals surface area contributed by atoms with E-state index >= 15 is 0 Å². The van der Waals surface area contributed by atoms with Crippen molar-refractivity contribution in [2.24, 2.45) is 0 Å². The first-order chi connectivity index (χ1) is 8.99. The second-order valence-electron chi connectivity index (χ2n) is 6.14. The molecule has 110 valence electrons. The number of carbonyl (C=O) groups is 1. The van der Waals surface area contributed by atoms with Gasteiger partial charge in [-0.25, -0.2) is 0 Å². The van der Waals surface area contributed by atoms with E-state index in [1.54, 1.807) is 0 Å². The Kier molecular flexibility index (Phi) is 4.81. The Morgan fingerprint density at radius 2 is 2.26 bits per heavy atom. The summed E-state index contributed by atoms with van der Waals surface area (Å²) in [6, 6.07) is 0.410. The molecule has 19 heavy (non-hydrogen) atoms. The van der Waals surface area contributed by atoms with E-state index in [9.17, 15) is 9.90 Å². The Balaban J connectivity index is 1.84. The summed E-state index contributed by atoms with van der Waals surface area (Å²) in [5.41, 5.74) is -0.794. The van der Waals surface area contributed by atoms with Crippen molar-refractivity contribution in [3.05, 3.63) is 0 Å². The number of ether oxygens (including phenoxy) is 1. The van der Waals surface area contributed by atoms with Crippen molar-refractivity contribution in [3.8, 4) is 0 Å². The quantitative estimate of drug-likeness (QED) is 0.756. The monoisotopic (exact) mass is 270 g/mol. The summed E-state index contributed by atoms with van der Waals surface area (Å²) < 4.78 is 5.61. The van der Waals surface area contributed by atoms with Crippen LogP contribution in [0.15, 0.2) is 0 Å². The zero-order valence-corrected chi connectivity index (χ0v) is 12.0. The highest BCUT2D eigenvalue weighted by molar-refractivity contribution is 5.78. The van der Waals surface area contributed by atoms with Crippen LogP contribution >= 0.6 is 0 Å². The zero-order chi connectivity index (χ0) is 13.9. The zero-order valence-electron chi connectivity index (χ0n) is 12.0. The number of hydrogen-bond donors (Lipinski definition) is 2. The molecular formula is C14H26N2O3. The Morgan fingerprint density at radius 1 is 1.53 bits per heavy atom. The number of nitrogens with one attached hydrogen (secondary N) is 1. The molecule has 1 saturated heterocycles. The molecule has 0 aromatic carbocycles. The number of hydrogen-bond acceptors (Lipinski definition) is 4. The minimum absolute atomic E-state index is 0.245. The van der Waals surface area contributed by atoms with Crippen LogP contribution in [0.1, 0.15) is 39.5 Å². The molecule has 2 N–H and O–H groups in total. The van der Waals surface area contributed by atoms with E-state index in [1.807, 2.05) is 6.92 Å². The van der Waals surface area contributed by atoms with Crippen molar-refractivity contribution in [1.29, 1.82) is 0 Å². The third kappa shape index (κ3) is 4.44. The van der Waals surface area contributed by atoms with Gasteiger partial charge in [0.15, 0.2) is 0 Å². The molecular weight excluding hydrogens is 244 g/mol. The lowest BCUT2D eigenvalue weighted by molar-refractivity contribution is -0.144. The summed E-state index contributed by atoms with van der Waals surface area (Å²) in [4.78, 5) is 13.8. The smallest absolute Gasteiger partial charge is 0.323 e. The van der Waals surface area contributed by atoms with Crippen LogP contribution in [-0.2, 0) is 9.53 Å². The van der Waals surface area contributed by atoms with E-state index in [2.05, 4.69) is 17.1 Å². The van der Waals surface area contributed by atoms with E-state index in [0.29, 0.717) is 12.5 Å². The fourth-order valence-electron chi connectivity index (χ4n) is 2.58. The predicted octanol–water partition coefficient (Wildman–Crippen LogP) is 1.08. The van der Waals surface area contributed by atoms with Crippen molar-refractivity contribution in [2.75, 3.05) is 26.2 Å². The van der Waals surface area contributed by atoms with Crippen LogP contribution in [0.25, 0.3) is 0 Å². The number of nitrogens with zero attached hydrogens (tertiary/aromatic N) is 1. The molecule has 2 aliphatic rings. The van der Waals surface area contributed by atoms with Crippen LogP contribution in [-0.4, -0.2) is 59.9 Å². The first-order valence-electron chi connectivity index (χ1n) is 7.35. The number of carboxylic acid groups (broad SMARTS) is 1. The third-order valence-electron chi connectivity index (χ3n) is 4.04. The van der Waals surface area contributed by atoms with Gasteiger partial charge in [-0.1, -0.05) is 0 Å². The molecule has 1 aliphatic heterocycles. The average Bonchev–Trinajstić information content (AvgIpc) is 3.15. The molecule has 0 aromatic rings. The summed E-state index contributed by atoms with van der Waals surface area (Å²) in [5.74, 6) is -0.737. The topological polar surface area (TPSA) is 61.8 Å². The van der Waals surface area contributed by atoms with Crippen LogP contribution in [0.4, 0.5) is 0 Å². The van der Waals surface area contributed by atoms with E-state index < -0.39 is 11.5 Å². The van der Waals surface area contributed by atoms with Crippen molar-refractivity contribution in [3.63, 3.8) is 0 Å².